The zero-order valence-corrected chi connectivity index (χ0v) is 21.6. The second kappa shape index (κ2) is 9.17. The largest absolute Gasteiger partial charge is 0.0836 e. The first kappa shape index (κ1) is 22.8. The smallest absolute Gasteiger partial charge is 0.0713 e. The third kappa shape index (κ3) is 3.45. The van der Waals surface area contributed by atoms with Gasteiger partial charge in [-0.25, -0.2) is 0 Å². The van der Waals surface area contributed by atoms with Crippen LogP contribution in [0.3, 0.4) is 0 Å². The van der Waals surface area contributed by atoms with E-state index in [1.54, 1.807) is 0 Å². The molecule has 0 saturated carbocycles. The molecule has 0 unspecified atom stereocenters. The Labute approximate surface area is 228 Å². The van der Waals surface area contributed by atoms with Gasteiger partial charge in [0.25, 0.3) is 0 Å². The van der Waals surface area contributed by atoms with Gasteiger partial charge in [-0.15, -0.1) is 0 Å². The highest BCUT2D eigenvalue weighted by molar-refractivity contribution is 6.33. The van der Waals surface area contributed by atoms with Crippen LogP contribution in [-0.2, 0) is 5.41 Å². The van der Waals surface area contributed by atoms with Gasteiger partial charge in [-0.1, -0.05) is 151 Å². The molecule has 6 aromatic carbocycles. The van der Waals surface area contributed by atoms with Crippen molar-refractivity contribution in [2.24, 2.45) is 0 Å². The Kier molecular flexibility index (Phi) is 5.50. The standard InChI is InChI=1S/C37H25Cl/c38-36-25-28(22-23-31(36)26-12-3-1-4-13-26)27-14-11-17-30(24-27)37(29-15-5-2-6-16-29)34-20-9-7-18-32(34)33-19-8-10-21-35(33)37/h1-25H. The highest BCUT2D eigenvalue weighted by Gasteiger charge is 2.45. The van der Waals surface area contributed by atoms with Gasteiger partial charge in [0, 0.05) is 10.6 Å². The molecule has 0 radical (unpaired) electrons. The van der Waals surface area contributed by atoms with E-state index in [4.69, 9.17) is 11.6 Å². The molecule has 0 amide bonds. The molecule has 0 saturated heterocycles. The van der Waals surface area contributed by atoms with E-state index in [0.717, 1.165) is 27.3 Å². The quantitative estimate of drug-likeness (QED) is 0.223. The summed E-state index contributed by atoms with van der Waals surface area (Å²) in [5.41, 5.74) is 11.8. The van der Waals surface area contributed by atoms with Crippen LogP contribution in [-0.4, -0.2) is 0 Å². The van der Waals surface area contributed by atoms with E-state index in [0.29, 0.717) is 0 Å². The van der Waals surface area contributed by atoms with Crippen molar-refractivity contribution in [3.8, 4) is 33.4 Å². The monoisotopic (exact) mass is 504 g/mol. The SMILES string of the molecule is Clc1cc(-c2cccc(C3(c4ccccc4)c4ccccc4-c4ccccc43)c2)ccc1-c1ccccc1. The van der Waals surface area contributed by atoms with Crippen molar-refractivity contribution < 1.29 is 0 Å². The summed E-state index contributed by atoms with van der Waals surface area (Å²) in [5.74, 6) is 0. The molecule has 0 spiro atoms. The van der Waals surface area contributed by atoms with Crippen LogP contribution in [0.25, 0.3) is 33.4 Å². The Morgan fingerprint density at radius 1 is 0.368 bits per heavy atom. The molecule has 0 aromatic heterocycles. The van der Waals surface area contributed by atoms with Crippen LogP contribution in [0.4, 0.5) is 0 Å². The molecule has 7 rings (SSSR count). The van der Waals surface area contributed by atoms with Crippen LogP contribution >= 0.6 is 11.6 Å². The lowest BCUT2D eigenvalue weighted by atomic mass is 9.67. The first-order valence-corrected chi connectivity index (χ1v) is 13.4. The average molecular weight is 505 g/mol. The maximum Gasteiger partial charge on any atom is 0.0713 e. The second-order valence-corrected chi connectivity index (χ2v) is 10.3. The molecule has 6 aromatic rings. The molecular weight excluding hydrogens is 480 g/mol. The lowest BCUT2D eigenvalue weighted by molar-refractivity contribution is 0.769. The Morgan fingerprint density at radius 3 is 1.55 bits per heavy atom. The third-order valence-electron chi connectivity index (χ3n) is 7.84. The van der Waals surface area contributed by atoms with E-state index < -0.39 is 5.41 Å². The minimum absolute atomic E-state index is 0.405. The van der Waals surface area contributed by atoms with Crippen molar-refractivity contribution in [3.05, 3.63) is 179 Å². The number of hydrogen-bond donors (Lipinski definition) is 0. The zero-order chi connectivity index (χ0) is 25.5. The van der Waals surface area contributed by atoms with Crippen LogP contribution in [0.15, 0.2) is 152 Å². The van der Waals surface area contributed by atoms with Gasteiger partial charge in [0.15, 0.2) is 0 Å². The lowest BCUT2D eigenvalue weighted by Crippen LogP contribution is -2.28. The molecule has 1 aliphatic rings. The van der Waals surface area contributed by atoms with E-state index in [2.05, 4.69) is 133 Å². The van der Waals surface area contributed by atoms with Crippen molar-refractivity contribution in [2.45, 2.75) is 5.41 Å². The predicted molar refractivity (Wildman–Crippen MR) is 160 cm³/mol. The molecule has 0 atom stereocenters. The van der Waals surface area contributed by atoms with Crippen molar-refractivity contribution >= 4 is 11.6 Å². The van der Waals surface area contributed by atoms with Gasteiger partial charge >= 0.3 is 0 Å². The minimum atomic E-state index is -0.405. The van der Waals surface area contributed by atoms with Crippen molar-refractivity contribution in [1.82, 2.24) is 0 Å². The van der Waals surface area contributed by atoms with Crippen molar-refractivity contribution in [3.63, 3.8) is 0 Å². The van der Waals surface area contributed by atoms with Crippen LogP contribution in [0.1, 0.15) is 22.3 Å². The van der Waals surface area contributed by atoms with Gasteiger partial charge < -0.3 is 0 Å². The lowest BCUT2D eigenvalue weighted by Gasteiger charge is -2.34. The molecule has 38 heavy (non-hydrogen) atoms. The van der Waals surface area contributed by atoms with Gasteiger partial charge in [0.05, 0.1) is 5.41 Å². The Balaban J connectivity index is 1.45. The molecule has 0 aliphatic heterocycles. The molecule has 1 aliphatic carbocycles. The molecule has 0 nitrogen and oxygen atoms in total. The molecule has 1 heteroatoms. The first-order valence-electron chi connectivity index (χ1n) is 13.0. The fraction of sp³-hybridized carbons (Fsp3) is 0.0270. The van der Waals surface area contributed by atoms with Gasteiger partial charge in [-0.3, -0.25) is 0 Å². The van der Waals surface area contributed by atoms with Crippen LogP contribution in [0, 0.1) is 0 Å². The molecule has 0 heterocycles. The average Bonchev–Trinajstić information content (AvgIpc) is 3.29. The highest BCUT2D eigenvalue weighted by atomic mass is 35.5. The summed E-state index contributed by atoms with van der Waals surface area (Å²) in [7, 11) is 0. The van der Waals surface area contributed by atoms with Gasteiger partial charge in [-0.05, 0) is 62.2 Å². The van der Waals surface area contributed by atoms with E-state index in [9.17, 15) is 0 Å². The number of benzene rings is 6. The number of hydrogen-bond acceptors (Lipinski definition) is 0. The van der Waals surface area contributed by atoms with E-state index in [1.165, 1.54) is 33.4 Å². The van der Waals surface area contributed by atoms with E-state index in [-0.39, 0.29) is 0 Å². The van der Waals surface area contributed by atoms with Gasteiger partial charge in [0.1, 0.15) is 0 Å². The molecule has 180 valence electrons. The zero-order valence-electron chi connectivity index (χ0n) is 20.8. The fourth-order valence-corrected chi connectivity index (χ4v) is 6.48. The summed E-state index contributed by atoms with van der Waals surface area (Å²) in [6.07, 6.45) is 0. The summed E-state index contributed by atoms with van der Waals surface area (Å²) in [4.78, 5) is 0. The Bertz CT molecular complexity index is 1720. The summed E-state index contributed by atoms with van der Waals surface area (Å²) in [5, 5.41) is 0.758. The molecular formula is C37H25Cl. The third-order valence-corrected chi connectivity index (χ3v) is 8.15. The summed E-state index contributed by atoms with van der Waals surface area (Å²) in [6, 6.07) is 54.3. The number of halogens is 1. The number of rotatable bonds is 4. The van der Waals surface area contributed by atoms with Crippen molar-refractivity contribution in [2.75, 3.05) is 0 Å². The van der Waals surface area contributed by atoms with Crippen LogP contribution < -0.4 is 0 Å². The fourth-order valence-electron chi connectivity index (χ4n) is 6.19. The summed E-state index contributed by atoms with van der Waals surface area (Å²) in [6.45, 7) is 0. The Morgan fingerprint density at radius 2 is 0.895 bits per heavy atom. The maximum atomic E-state index is 6.84. The van der Waals surface area contributed by atoms with Gasteiger partial charge in [0.2, 0.25) is 0 Å². The maximum absolute atomic E-state index is 6.84. The normalized spacial score (nSPS) is 13.1. The van der Waals surface area contributed by atoms with Crippen LogP contribution in [0.2, 0.25) is 5.02 Å². The topological polar surface area (TPSA) is 0 Å². The molecule has 0 bridgehead atoms. The van der Waals surface area contributed by atoms with E-state index in [1.807, 2.05) is 18.2 Å². The van der Waals surface area contributed by atoms with Crippen LogP contribution in [0.5, 0.6) is 0 Å². The first-order chi connectivity index (χ1) is 18.8. The molecule has 0 N–H and O–H groups in total. The van der Waals surface area contributed by atoms with E-state index >= 15 is 0 Å². The summed E-state index contributed by atoms with van der Waals surface area (Å²) < 4.78 is 0. The van der Waals surface area contributed by atoms with Gasteiger partial charge in [-0.2, -0.15) is 0 Å². The second-order valence-electron chi connectivity index (χ2n) is 9.85. The number of fused-ring (bicyclic) bond motifs is 3. The predicted octanol–water partition coefficient (Wildman–Crippen LogP) is 10.0. The van der Waals surface area contributed by atoms with Crippen molar-refractivity contribution in [1.29, 1.82) is 0 Å². The highest BCUT2D eigenvalue weighted by Crippen LogP contribution is 2.56. The Hall–Kier alpha value is -4.39. The minimum Gasteiger partial charge on any atom is -0.0836 e. The summed E-state index contributed by atoms with van der Waals surface area (Å²) >= 11 is 6.84. The molecule has 0 fully saturated rings.